The number of esters is 1. The van der Waals surface area contributed by atoms with Crippen LogP contribution in [0, 0.1) is 0 Å². The van der Waals surface area contributed by atoms with Gasteiger partial charge in [0.25, 0.3) is 5.91 Å². The van der Waals surface area contributed by atoms with Crippen LogP contribution in [0.1, 0.15) is 10.4 Å². The van der Waals surface area contributed by atoms with Crippen molar-refractivity contribution in [2.24, 2.45) is 0 Å². The first-order valence-electron chi connectivity index (χ1n) is 6.45. The Morgan fingerprint density at radius 2 is 1.68 bits per heavy atom. The topological polar surface area (TPSA) is 64.6 Å². The summed E-state index contributed by atoms with van der Waals surface area (Å²) >= 11 is 5.78. The van der Waals surface area contributed by atoms with Gasteiger partial charge in [0.05, 0.1) is 0 Å². The third-order valence-corrected chi connectivity index (χ3v) is 2.96. The molecule has 0 heterocycles. The van der Waals surface area contributed by atoms with Crippen LogP contribution < -0.4 is 10.1 Å². The molecular formula is C16H14ClNO4. The van der Waals surface area contributed by atoms with Crippen molar-refractivity contribution in [3.8, 4) is 5.75 Å². The highest BCUT2D eigenvalue weighted by Crippen LogP contribution is 2.16. The summed E-state index contributed by atoms with van der Waals surface area (Å²) in [6, 6.07) is 13.0. The monoisotopic (exact) mass is 319 g/mol. The van der Waals surface area contributed by atoms with Crippen molar-refractivity contribution in [2.75, 3.05) is 19.0 Å². The Kier molecular flexibility index (Phi) is 5.52. The van der Waals surface area contributed by atoms with Crippen molar-refractivity contribution in [1.29, 1.82) is 0 Å². The number of methoxy groups -OCH3 is 1. The number of benzene rings is 2. The van der Waals surface area contributed by atoms with Crippen LogP contribution in [0.3, 0.4) is 0 Å². The molecule has 1 N–H and O–H groups in total. The molecule has 5 nitrogen and oxygen atoms in total. The fraction of sp³-hybridized carbons (Fsp3) is 0.125. The van der Waals surface area contributed by atoms with E-state index in [-0.39, 0.29) is 12.5 Å². The van der Waals surface area contributed by atoms with E-state index >= 15 is 0 Å². The number of carbonyl (C=O) groups excluding carboxylic acids is 2. The molecule has 6 heteroatoms. The van der Waals surface area contributed by atoms with Crippen LogP contribution in [-0.4, -0.2) is 25.6 Å². The zero-order valence-electron chi connectivity index (χ0n) is 11.8. The van der Waals surface area contributed by atoms with Crippen LogP contribution in [0.2, 0.25) is 5.02 Å². The molecular weight excluding hydrogens is 306 g/mol. The largest absolute Gasteiger partial charge is 0.425 e. The number of nitrogens with one attached hydrogen (secondary N) is 1. The third-order valence-electron chi connectivity index (χ3n) is 2.71. The zero-order chi connectivity index (χ0) is 15.9. The molecule has 0 fully saturated rings. The van der Waals surface area contributed by atoms with E-state index in [1.54, 1.807) is 48.5 Å². The van der Waals surface area contributed by atoms with Crippen LogP contribution >= 0.6 is 11.6 Å². The summed E-state index contributed by atoms with van der Waals surface area (Å²) in [5.41, 5.74) is 1.09. The van der Waals surface area contributed by atoms with Crippen LogP contribution in [0.25, 0.3) is 0 Å². The second-order valence-electron chi connectivity index (χ2n) is 4.39. The van der Waals surface area contributed by atoms with Crippen molar-refractivity contribution in [3.63, 3.8) is 0 Å². The second-order valence-corrected chi connectivity index (χ2v) is 4.83. The predicted octanol–water partition coefficient (Wildman–Crippen LogP) is 3.14. The number of anilines is 1. The molecule has 0 aliphatic heterocycles. The van der Waals surface area contributed by atoms with Crippen LogP contribution in [-0.2, 0) is 9.53 Å². The number of ether oxygens (including phenoxy) is 2. The lowest BCUT2D eigenvalue weighted by molar-refractivity contribution is -0.138. The summed E-state index contributed by atoms with van der Waals surface area (Å²) in [5.74, 6) is -0.414. The summed E-state index contributed by atoms with van der Waals surface area (Å²) in [6.45, 7) is -0.126. The molecule has 2 rings (SSSR count). The fourth-order valence-electron chi connectivity index (χ4n) is 1.69. The van der Waals surface area contributed by atoms with Crippen molar-refractivity contribution >= 4 is 29.2 Å². The maximum atomic E-state index is 12.1. The number of halogens is 1. The molecule has 0 saturated heterocycles. The Balaban J connectivity index is 1.98. The van der Waals surface area contributed by atoms with E-state index in [0.29, 0.717) is 22.0 Å². The molecule has 0 atom stereocenters. The average Bonchev–Trinajstić information content (AvgIpc) is 2.50. The smallest absolute Gasteiger partial charge is 0.337 e. The quantitative estimate of drug-likeness (QED) is 0.679. The number of carbonyl (C=O) groups is 2. The Morgan fingerprint density at radius 3 is 2.27 bits per heavy atom. The molecule has 2 aromatic rings. The first kappa shape index (κ1) is 16.0. The number of rotatable bonds is 5. The molecule has 0 saturated carbocycles. The van der Waals surface area contributed by atoms with Gasteiger partial charge in [-0.1, -0.05) is 11.6 Å². The normalized spacial score (nSPS) is 10.1. The van der Waals surface area contributed by atoms with Crippen molar-refractivity contribution in [2.45, 2.75) is 0 Å². The highest BCUT2D eigenvalue weighted by Gasteiger charge is 2.08. The van der Waals surface area contributed by atoms with Gasteiger partial charge in [0.2, 0.25) is 0 Å². The van der Waals surface area contributed by atoms with E-state index in [1.807, 2.05) is 0 Å². The average molecular weight is 320 g/mol. The Hall–Kier alpha value is -2.37. The van der Waals surface area contributed by atoms with E-state index in [1.165, 1.54) is 7.11 Å². The van der Waals surface area contributed by atoms with E-state index in [4.69, 9.17) is 16.3 Å². The third kappa shape index (κ3) is 4.58. The molecule has 0 unspecified atom stereocenters. The van der Waals surface area contributed by atoms with Gasteiger partial charge in [0.15, 0.2) is 0 Å². The molecule has 22 heavy (non-hydrogen) atoms. The van der Waals surface area contributed by atoms with Crippen LogP contribution in [0.5, 0.6) is 5.75 Å². The molecule has 2 aromatic carbocycles. The van der Waals surface area contributed by atoms with Gasteiger partial charge >= 0.3 is 5.97 Å². The predicted molar refractivity (Wildman–Crippen MR) is 83.4 cm³/mol. The molecule has 0 aliphatic carbocycles. The Labute approximate surface area is 132 Å². The minimum absolute atomic E-state index is 0.126. The van der Waals surface area contributed by atoms with Crippen molar-refractivity contribution in [3.05, 3.63) is 59.1 Å². The summed E-state index contributed by atoms with van der Waals surface area (Å²) < 4.78 is 9.68. The minimum Gasteiger partial charge on any atom is -0.425 e. The lowest BCUT2D eigenvalue weighted by Crippen LogP contribution is -2.14. The number of amides is 1. The highest BCUT2D eigenvalue weighted by atomic mass is 35.5. The van der Waals surface area contributed by atoms with E-state index in [0.717, 1.165) is 0 Å². The van der Waals surface area contributed by atoms with Gasteiger partial charge in [-0.25, -0.2) is 4.79 Å². The maximum absolute atomic E-state index is 12.1. The van der Waals surface area contributed by atoms with Gasteiger partial charge < -0.3 is 14.8 Å². The first-order chi connectivity index (χ1) is 10.6. The fourth-order valence-corrected chi connectivity index (χ4v) is 1.82. The summed E-state index contributed by atoms with van der Waals surface area (Å²) in [6.07, 6.45) is 0. The van der Waals surface area contributed by atoms with Gasteiger partial charge in [0, 0.05) is 23.4 Å². The first-order valence-corrected chi connectivity index (χ1v) is 6.83. The van der Waals surface area contributed by atoms with E-state index in [2.05, 4.69) is 10.1 Å². The summed E-state index contributed by atoms with van der Waals surface area (Å²) in [5, 5.41) is 3.34. The molecule has 0 bridgehead atoms. The van der Waals surface area contributed by atoms with Gasteiger partial charge in [-0.2, -0.15) is 0 Å². The zero-order valence-corrected chi connectivity index (χ0v) is 12.6. The van der Waals surface area contributed by atoms with Gasteiger partial charge in [-0.3, -0.25) is 4.79 Å². The highest BCUT2D eigenvalue weighted by molar-refractivity contribution is 6.30. The van der Waals surface area contributed by atoms with Gasteiger partial charge in [-0.05, 0) is 48.5 Å². The number of hydrogen-bond acceptors (Lipinski definition) is 4. The molecule has 0 spiro atoms. The lowest BCUT2D eigenvalue weighted by Gasteiger charge is -2.07. The Bertz CT molecular complexity index is 653. The van der Waals surface area contributed by atoms with Crippen LogP contribution in [0.4, 0.5) is 5.69 Å². The molecule has 0 aliphatic rings. The molecule has 114 valence electrons. The SMILES string of the molecule is COCC(=O)Oc1ccc(C(=O)Nc2ccc(Cl)cc2)cc1. The molecule has 1 amide bonds. The van der Waals surface area contributed by atoms with Crippen molar-refractivity contribution < 1.29 is 19.1 Å². The maximum Gasteiger partial charge on any atom is 0.337 e. The molecule has 0 aromatic heterocycles. The van der Waals surface area contributed by atoms with E-state index < -0.39 is 5.97 Å². The summed E-state index contributed by atoms with van der Waals surface area (Å²) in [4.78, 5) is 23.3. The number of hydrogen-bond donors (Lipinski definition) is 1. The van der Waals surface area contributed by atoms with Crippen molar-refractivity contribution in [1.82, 2.24) is 0 Å². The summed E-state index contributed by atoms with van der Waals surface area (Å²) in [7, 11) is 1.41. The molecule has 0 radical (unpaired) electrons. The van der Waals surface area contributed by atoms with E-state index in [9.17, 15) is 9.59 Å². The van der Waals surface area contributed by atoms with Crippen LogP contribution in [0.15, 0.2) is 48.5 Å². The minimum atomic E-state index is -0.499. The van der Waals surface area contributed by atoms with Gasteiger partial charge in [-0.15, -0.1) is 0 Å². The second kappa shape index (κ2) is 7.59. The Morgan fingerprint density at radius 1 is 1.05 bits per heavy atom. The standard InChI is InChI=1S/C16H14ClNO4/c1-21-10-15(19)22-14-8-2-11(3-9-14)16(20)18-13-6-4-12(17)5-7-13/h2-9H,10H2,1H3,(H,18,20). The lowest BCUT2D eigenvalue weighted by atomic mass is 10.2. The van der Waals surface area contributed by atoms with Gasteiger partial charge in [0.1, 0.15) is 12.4 Å².